The van der Waals surface area contributed by atoms with E-state index in [1.807, 2.05) is 0 Å². The molecule has 1 aliphatic rings. The van der Waals surface area contributed by atoms with Crippen molar-refractivity contribution in [2.75, 3.05) is 25.2 Å². The maximum atomic E-state index is 12.1. The van der Waals surface area contributed by atoms with Crippen LogP contribution in [0.2, 0.25) is 0 Å². The number of carbonyl (C=O) groups excluding carboxylic acids is 1. The molecule has 0 radical (unpaired) electrons. The molecule has 2 unspecified atom stereocenters. The molecule has 0 saturated carbocycles. The third-order valence-corrected chi connectivity index (χ3v) is 3.60. The first-order valence-electron chi connectivity index (χ1n) is 4.90. The van der Waals surface area contributed by atoms with Crippen molar-refractivity contribution in [3.63, 3.8) is 0 Å². The lowest BCUT2D eigenvalue weighted by Crippen LogP contribution is -2.47. The highest BCUT2D eigenvalue weighted by Gasteiger charge is 2.35. The lowest BCUT2D eigenvalue weighted by molar-refractivity contribution is -0.148. The minimum Gasteiger partial charge on any atom is -0.468 e. The molecule has 0 aromatic carbocycles. The predicted octanol–water partition coefficient (Wildman–Crippen LogP) is 1.43. The first-order valence-corrected chi connectivity index (χ1v) is 6.05. The Bertz CT molecular complexity index is 241. The number of alkyl halides is 3. The Balaban J connectivity index is 2.53. The smallest absolute Gasteiger partial charge is 0.401 e. The van der Waals surface area contributed by atoms with E-state index >= 15 is 0 Å². The SMILES string of the molecule is COC(=O)C(NCC(F)(F)F)C1CCSC1. The summed E-state index contributed by atoms with van der Waals surface area (Å²) in [7, 11) is 1.19. The molecule has 1 saturated heterocycles. The zero-order valence-electron chi connectivity index (χ0n) is 8.84. The van der Waals surface area contributed by atoms with Crippen LogP contribution in [0, 0.1) is 5.92 Å². The molecule has 0 spiro atoms. The number of nitrogens with one attached hydrogen (secondary N) is 1. The molecule has 0 amide bonds. The summed E-state index contributed by atoms with van der Waals surface area (Å²) in [5.74, 6) is 0.896. The summed E-state index contributed by atoms with van der Waals surface area (Å²) in [6, 6.07) is -0.846. The van der Waals surface area contributed by atoms with Crippen LogP contribution in [0.15, 0.2) is 0 Å². The third-order valence-electron chi connectivity index (χ3n) is 2.41. The molecule has 7 heteroatoms. The zero-order chi connectivity index (χ0) is 12.2. The largest absolute Gasteiger partial charge is 0.468 e. The van der Waals surface area contributed by atoms with Crippen LogP contribution in [0.1, 0.15) is 6.42 Å². The molecular weight excluding hydrogens is 243 g/mol. The molecule has 1 heterocycles. The van der Waals surface area contributed by atoms with Gasteiger partial charge in [-0.25, -0.2) is 0 Å². The van der Waals surface area contributed by atoms with Crippen molar-refractivity contribution in [1.82, 2.24) is 5.32 Å². The second-order valence-electron chi connectivity index (χ2n) is 3.62. The first-order chi connectivity index (χ1) is 7.44. The van der Waals surface area contributed by atoms with Gasteiger partial charge in [-0.2, -0.15) is 24.9 Å². The van der Waals surface area contributed by atoms with Gasteiger partial charge in [0.1, 0.15) is 6.04 Å². The monoisotopic (exact) mass is 257 g/mol. The molecule has 0 aliphatic carbocycles. The van der Waals surface area contributed by atoms with Crippen LogP contribution < -0.4 is 5.32 Å². The topological polar surface area (TPSA) is 38.3 Å². The molecule has 1 aliphatic heterocycles. The van der Waals surface area contributed by atoms with Gasteiger partial charge < -0.3 is 4.74 Å². The number of hydrogen-bond donors (Lipinski definition) is 1. The van der Waals surface area contributed by atoms with Crippen LogP contribution in [0.5, 0.6) is 0 Å². The molecular formula is C9H14F3NO2S. The molecule has 1 rings (SSSR count). The molecule has 1 fully saturated rings. The fourth-order valence-corrected chi connectivity index (χ4v) is 2.91. The van der Waals surface area contributed by atoms with Gasteiger partial charge >= 0.3 is 12.1 Å². The lowest BCUT2D eigenvalue weighted by atomic mass is 9.99. The van der Waals surface area contributed by atoms with Crippen molar-refractivity contribution in [2.24, 2.45) is 5.92 Å². The molecule has 16 heavy (non-hydrogen) atoms. The van der Waals surface area contributed by atoms with Gasteiger partial charge in [-0.15, -0.1) is 0 Å². The van der Waals surface area contributed by atoms with Crippen LogP contribution in [-0.4, -0.2) is 43.3 Å². The van der Waals surface area contributed by atoms with Gasteiger partial charge in [-0.1, -0.05) is 0 Å². The van der Waals surface area contributed by atoms with Crippen molar-refractivity contribution in [3.8, 4) is 0 Å². The van der Waals surface area contributed by atoms with E-state index in [4.69, 9.17) is 0 Å². The summed E-state index contributed by atoms with van der Waals surface area (Å²) in [5.41, 5.74) is 0. The van der Waals surface area contributed by atoms with Gasteiger partial charge in [-0.05, 0) is 23.8 Å². The zero-order valence-corrected chi connectivity index (χ0v) is 9.66. The number of rotatable bonds is 4. The fraction of sp³-hybridized carbons (Fsp3) is 0.889. The number of methoxy groups -OCH3 is 1. The highest BCUT2D eigenvalue weighted by Crippen LogP contribution is 2.27. The fourth-order valence-electron chi connectivity index (χ4n) is 1.61. The maximum absolute atomic E-state index is 12.1. The second-order valence-corrected chi connectivity index (χ2v) is 4.77. The number of ether oxygens (including phenoxy) is 1. The van der Waals surface area contributed by atoms with Crippen LogP contribution in [0.4, 0.5) is 13.2 Å². The molecule has 1 N–H and O–H groups in total. The van der Waals surface area contributed by atoms with Gasteiger partial charge in [0.25, 0.3) is 0 Å². The van der Waals surface area contributed by atoms with E-state index in [9.17, 15) is 18.0 Å². The normalized spacial score (nSPS) is 23.1. The Morgan fingerprint density at radius 3 is 2.75 bits per heavy atom. The summed E-state index contributed by atoms with van der Waals surface area (Å²) in [6.45, 7) is -1.16. The molecule has 2 atom stereocenters. The average Bonchev–Trinajstić information content (AvgIpc) is 2.69. The van der Waals surface area contributed by atoms with E-state index in [0.29, 0.717) is 5.75 Å². The predicted molar refractivity (Wildman–Crippen MR) is 55.3 cm³/mol. The molecule has 0 aromatic rings. The quantitative estimate of drug-likeness (QED) is 0.773. The van der Waals surface area contributed by atoms with E-state index in [1.54, 1.807) is 11.8 Å². The van der Waals surface area contributed by atoms with E-state index < -0.39 is 24.7 Å². The van der Waals surface area contributed by atoms with Gasteiger partial charge in [0.15, 0.2) is 0 Å². The summed E-state index contributed by atoms with van der Waals surface area (Å²) in [6.07, 6.45) is -3.56. The van der Waals surface area contributed by atoms with Crippen molar-refractivity contribution >= 4 is 17.7 Å². The summed E-state index contributed by atoms with van der Waals surface area (Å²) >= 11 is 1.64. The Kier molecular flexibility index (Phi) is 4.91. The molecule has 0 aromatic heterocycles. The standard InChI is InChI=1S/C9H14F3NO2S/c1-15-8(14)7(6-2-3-16-4-6)13-5-9(10,11)12/h6-7,13H,2-5H2,1H3. The number of thioether (sulfide) groups is 1. The highest BCUT2D eigenvalue weighted by atomic mass is 32.2. The van der Waals surface area contributed by atoms with Crippen LogP contribution in [0.3, 0.4) is 0 Å². The number of carbonyl (C=O) groups is 1. The Hall–Kier alpha value is -0.430. The Labute approximate surface area is 96.1 Å². The number of hydrogen-bond acceptors (Lipinski definition) is 4. The lowest BCUT2D eigenvalue weighted by Gasteiger charge is -2.22. The highest BCUT2D eigenvalue weighted by molar-refractivity contribution is 7.99. The average molecular weight is 257 g/mol. The van der Waals surface area contributed by atoms with E-state index in [1.165, 1.54) is 7.11 Å². The Morgan fingerprint density at radius 1 is 1.62 bits per heavy atom. The van der Waals surface area contributed by atoms with Gasteiger partial charge in [0.2, 0.25) is 0 Å². The second kappa shape index (κ2) is 5.77. The minimum atomic E-state index is -4.31. The van der Waals surface area contributed by atoms with Gasteiger partial charge in [-0.3, -0.25) is 10.1 Å². The van der Waals surface area contributed by atoms with Crippen molar-refractivity contribution in [3.05, 3.63) is 0 Å². The van der Waals surface area contributed by atoms with Crippen LogP contribution in [-0.2, 0) is 9.53 Å². The summed E-state index contributed by atoms with van der Waals surface area (Å²) < 4.78 is 40.7. The summed E-state index contributed by atoms with van der Waals surface area (Å²) in [5, 5.41) is 2.24. The van der Waals surface area contributed by atoms with Crippen LogP contribution in [0.25, 0.3) is 0 Å². The van der Waals surface area contributed by atoms with E-state index in [-0.39, 0.29) is 5.92 Å². The third kappa shape index (κ3) is 4.21. The minimum absolute atomic E-state index is 0.0696. The first kappa shape index (κ1) is 13.6. The van der Waals surface area contributed by atoms with Crippen molar-refractivity contribution < 1.29 is 22.7 Å². The molecule has 94 valence electrons. The van der Waals surface area contributed by atoms with Crippen molar-refractivity contribution in [1.29, 1.82) is 0 Å². The number of esters is 1. The molecule has 3 nitrogen and oxygen atoms in total. The van der Waals surface area contributed by atoms with Crippen LogP contribution >= 0.6 is 11.8 Å². The van der Waals surface area contributed by atoms with E-state index in [0.717, 1.165) is 12.2 Å². The van der Waals surface area contributed by atoms with Gasteiger partial charge in [0, 0.05) is 0 Å². The van der Waals surface area contributed by atoms with E-state index in [2.05, 4.69) is 10.1 Å². The Morgan fingerprint density at radius 2 is 2.31 bits per heavy atom. The molecule has 0 bridgehead atoms. The van der Waals surface area contributed by atoms with Crippen molar-refractivity contribution in [2.45, 2.75) is 18.6 Å². The van der Waals surface area contributed by atoms with Gasteiger partial charge in [0.05, 0.1) is 13.7 Å². The number of halogens is 3. The summed E-state index contributed by atoms with van der Waals surface area (Å²) in [4.78, 5) is 11.4. The maximum Gasteiger partial charge on any atom is 0.401 e.